The van der Waals surface area contributed by atoms with Crippen LogP contribution in [0.5, 0.6) is 0 Å². The summed E-state index contributed by atoms with van der Waals surface area (Å²) in [6.45, 7) is 1.98. The topological polar surface area (TPSA) is 37.4 Å². The molecule has 0 N–H and O–H groups in total. The van der Waals surface area contributed by atoms with Gasteiger partial charge in [-0.2, -0.15) is 0 Å². The molecule has 0 aromatic rings. The number of nitrogens with zero attached hydrogens (tertiary/aromatic N) is 1. The van der Waals surface area contributed by atoms with Crippen LogP contribution in [0.1, 0.15) is 6.92 Å². The van der Waals surface area contributed by atoms with E-state index < -0.39 is 9.84 Å². The van der Waals surface area contributed by atoms with Crippen molar-refractivity contribution in [2.24, 2.45) is 0 Å². The lowest BCUT2D eigenvalue weighted by Crippen LogP contribution is -2.46. The summed E-state index contributed by atoms with van der Waals surface area (Å²) in [6, 6.07) is 0. The van der Waals surface area contributed by atoms with Gasteiger partial charge in [0, 0.05) is 12.3 Å². The third kappa shape index (κ3) is 1.30. The normalized spacial score (nSPS) is 42.5. The zero-order chi connectivity index (χ0) is 9.85. The van der Waals surface area contributed by atoms with Crippen LogP contribution in [0.4, 0.5) is 0 Å². The molecule has 2 fully saturated rings. The van der Waals surface area contributed by atoms with Crippen molar-refractivity contribution in [1.82, 2.24) is 4.90 Å². The summed E-state index contributed by atoms with van der Waals surface area (Å²) in [4.78, 5) is 1.93. The van der Waals surface area contributed by atoms with E-state index in [0.717, 1.165) is 4.32 Å². The van der Waals surface area contributed by atoms with Gasteiger partial charge >= 0.3 is 0 Å². The first kappa shape index (κ1) is 9.73. The molecule has 0 unspecified atom stereocenters. The lowest BCUT2D eigenvalue weighted by atomic mass is 10.0. The number of hydrogen-bond acceptors (Lipinski definition) is 4. The number of fused-ring (bicyclic) bond motifs is 1. The minimum Gasteiger partial charge on any atom is -0.353 e. The molecule has 2 heterocycles. The van der Waals surface area contributed by atoms with Crippen molar-refractivity contribution in [2.45, 2.75) is 17.7 Å². The summed E-state index contributed by atoms with van der Waals surface area (Å²) < 4.78 is 23.7. The van der Waals surface area contributed by atoms with Gasteiger partial charge in [-0.1, -0.05) is 24.0 Å². The summed E-state index contributed by atoms with van der Waals surface area (Å²) in [6.07, 6.45) is 0. The highest BCUT2D eigenvalue weighted by atomic mass is 32.2. The smallest absolute Gasteiger partial charge is 0.153 e. The van der Waals surface area contributed by atoms with E-state index in [-0.39, 0.29) is 22.3 Å². The maximum Gasteiger partial charge on any atom is 0.153 e. The Morgan fingerprint density at radius 3 is 2.85 bits per heavy atom. The molecule has 0 radical (unpaired) electrons. The Morgan fingerprint density at radius 2 is 2.31 bits per heavy atom. The van der Waals surface area contributed by atoms with E-state index in [1.165, 1.54) is 11.8 Å². The number of rotatable bonds is 0. The molecule has 0 aromatic carbocycles. The molecular weight excluding hydrogens is 226 g/mol. The second-order valence-corrected chi connectivity index (χ2v) is 7.79. The molecule has 2 aliphatic heterocycles. The molecule has 3 nitrogen and oxygen atoms in total. The van der Waals surface area contributed by atoms with Gasteiger partial charge < -0.3 is 4.90 Å². The van der Waals surface area contributed by atoms with Crippen LogP contribution in [0.3, 0.4) is 0 Å². The molecule has 74 valence electrons. The zero-order valence-electron chi connectivity index (χ0n) is 7.48. The molecule has 0 amide bonds. The van der Waals surface area contributed by atoms with Crippen molar-refractivity contribution >= 4 is 38.1 Å². The fourth-order valence-corrected chi connectivity index (χ4v) is 6.78. The Hall–Kier alpha value is 0.190. The van der Waals surface area contributed by atoms with Crippen molar-refractivity contribution in [1.29, 1.82) is 0 Å². The first-order valence-electron chi connectivity index (χ1n) is 4.00. The van der Waals surface area contributed by atoms with E-state index in [2.05, 4.69) is 0 Å². The first-order chi connectivity index (χ1) is 5.85. The van der Waals surface area contributed by atoms with E-state index in [0.29, 0.717) is 0 Å². The monoisotopic (exact) mass is 237 g/mol. The summed E-state index contributed by atoms with van der Waals surface area (Å²) >= 11 is 6.66. The fraction of sp³-hybridized carbons (Fsp3) is 0.857. The van der Waals surface area contributed by atoms with Gasteiger partial charge in [0.1, 0.15) is 4.32 Å². The first-order valence-corrected chi connectivity index (χ1v) is 7.11. The second kappa shape index (κ2) is 2.61. The fourth-order valence-electron chi connectivity index (χ4n) is 1.89. The Kier molecular flexibility index (Phi) is 1.95. The number of thiocarbonyl (C=S) groups is 1. The highest BCUT2D eigenvalue weighted by Crippen LogP contribution is 2.44. The van der Waals surface area contributed by atoms with Crippen LogP contribution < -0.4 is 0 Å². The molecule has 6 heteroatoms. The van der Waals surface area contributed by atoms with Gasteiger partial charge in [0.15, 0.2) is 9.84 Å². The van der Waals surface area contributed by atoms with Gasteiger partial charge in [-0.15, -0.1) is 0 Å². The van der Waals surface area contributed by atoms with Crippen molar-refractivity contribution in [3.05, 3.63) is 0 Å². The molecular formula is C7H11NO2S3. The lowest BCUT2D eigenvalue weighted by molar-refractivity contribution is 0.289. The quantitative estimate of drug-likeness (QED) is 0.574. The molecule has 0 aliphatic carbocycles. The third-order valence-electron chi connectivity index (χ3n) is 2.89. The van der Waals surface area contributed by atoms with Crippen LogP contribution in [0.2, 0.25) is 0 Å². The molecule has 2 saturated heterocycles. The molecule has 2 atom stereocenters. The van der Waals surface area contributed by atoms with Crippen molar-refractivity contribution < 1.29 is 8.42 Å². The van der Waals surface area contributed by atoms with E-state index in [4.69, 9.17) is 12.2 Å². The van der Waals surface area contributed by atoms with Crippen molar-refractivity contribution in [3.8, 4) is 0 Å². The second-order valence-electron chi connectivity index (χ2n) is 3.84. The lowest BCUT2D eigenvalue weighted by Gasteiger charge is -2.30. The summed E-state index contributed by atoms with van der Waals surface area (Å²) in [5.41, 5.74) is -0.263. The summed E-state index contributed by atoms with van der Waals surface area (Å²) in [5, 5.41) is 0.134. The number of sulfone groups is 1. The third-order valence-corrected chi connectivity index (χ3v) is 6.97. The van der Waals surface area contributed by atoms with E-state index in [1.807, 2.05) is 18.9 Å². The van der Waals surface area contributed by atoms with Crippen LogP contribution in [0.15, 0.2) is 0 Å². The van der Waals surface area contributed by atoms with E-state index >= 15 is 0 Å². The van der Waals surface area contributed by atoms with Crippen molar-refractivity contribution in [3.63, 3.8) is 0 Å². The summed E-state index contributed by atoms with van der Waals surface area (Å²) in [7, 11) is -0.957. The maximum absolute atomic E-state index is 11.4. The van der Waals surface area contributed by atoms with E-state index in [1.54, 1.807) is 0 Å². The molecule has 0 bridgehead atoms. The molecule has 2 rings (SSSR count). The van der Waals surface area contributed by atoms with Crippen LogP contribution >= 0.6 is 24.0 Å². The zero-order valence-corrected chi connectivity index (χ0v) is 9.93. The molecule has 0 spiro atoms. The Bertz CT molecular complexity index is 364. The average Bonchev–Trinajstić information content (AvgIpc) is 2.29. The Labute approximate surface area is 87.8 Å². The maximum atomic E-state index is 11.4. The van der Waals surface area contributed by atoms with E-state index in [9.17, 15) is 8.42 Å². The summed E-state index contributed by atoms with van der Waals surface area (Å²) in [5.74, 6) is 0.521. The van der Waals surface area contributed by atoms with Gasteiger partial charge in [0.05, 0.1) is 17.0 Å². The van der Waals surface area contributed by atoms with Crippen LogP contribution in [0, 0.1) is 0 Å². The van der Waals surface area contributed by atoms with Crippen LogP contribution in [-0.4, -0.2) is 47.0 Å². The minimum absolute atomic E-state index is 0.134. The largest absolute Gasteiger partial charge is 0.353 e. The Morgan fingerprint density at radius 1 is 1.69 bits per heavy atom. The van der Waals surface area contributed by atoms with Gasteiger partial charge in [-0.05, 0) is 6.92 Å². The van der Waals surface area contributed by atoms with Gasteiger partial charge in [0.25, 0.3) is 0 Å². The Balaban J connectivity index is 2.41. The average molecular weight is 237 g/mol. The molecule has 0 aromatic heterocycles. The number of hydrogen-bond donors (Lipinski definition) is 0. The SMILES string of the molecule is CN1C(=S)S[C@H]2CS(=O)(=O)C[C@]21C. The highest BCUT2D eigenvalue weighted by molar-refractivity contribution is 8.24. The molecule has 2 aliphatic rings. The predicted octanol–water partition coefficient (Wildman–Crippen LogP) is 0.506. The number of thioether (sulfide) groups is 1. The minimum atomic E-state index is -2.84. The standard InChI is InChI=1S/C7H11NO2S3/c1-7-4-13(9,10)3-5(7)12-6(11)8(7)2/h5H,3-4H2,1-2H3/t5-,7+/m0/s1. The van der Waals surface area contributed by atoms with Crippen LogP contribution in [0.25, 0.3) is 0 Å². The molecule has 0 saturated carbocycles. The predicted molar refractivity (Wildman–Crippen MR) is 58.8 cm³/mol. The van der Waals surface area contributed by atoms with Gasteiger partial charge in [0.2, 0.25) is 0 Å². The van der Waals surface area contributed by atoms with Gasteiger partial charge in [-0.25, -0.2) is 8.42 Å². The van der Waals surface area contributed by atoms with Crippen molar-refractivity contribution in [2.75, 3.05) is 18.6 Å². The van der Waals surface area contributed by atoms with Crippen LogP contribution in [-0.2, 0) is 9.84 Å². The highest BCUT2D eigenvalue weighted by Gasteiger charge is 2.55. The molecule has 13 heavy (non-hydrogen) atoms. The van der Waals surface area contributed by atoms with Gasteiger partial charge in [-0.3, -0.25) is 0 Å².